The smallest absolute Gasteiger partial charge is 0.138 e. The van der Waals surface area contributed by atoms with Gasteiger partial charge in [0.1, 0.15) is 5.82 Å². The minimum atomic E-state index is -0.200. The lowest BCUT2D eigenvalue weighted by atomic mass is 10.0. The Bertz CT molecular complexity index is 423. The van der Waals surface area contributed by atoms with E-state index in [1.54, 1.807) is 6.07 Å². The molecule has 1 aliphatic rings. The van der Waals surface area contributed by atoms with E-state index in [1.165, 1.54) is 25.3 Å². The Morgan fingerprint density at radius 1 is 1.28 bits per heavy atom. The van der Waals surface area contributed by atoms with Gasteiger partial charge in [-0.3, -0.25) is 0 Å². The van der Waals surface area contributed by atoms with Gasteiger partial charge in [-0.05, 0) is 53.8 Å². The Hall–Kier alpha value is -0.520. The Kier molecular flexibility index (Phi) is 4.70. The number of hydrogen-bond donors (Lipinski definition) is 2. The number of benzene rings is 1. The zero-order chi connectivity index (χ0) is 13.1. The van der Waals surface area contributed by atoms with E-state index in [2.05, 4.69) is 12.2 Å². The Morgan fingerprint density at radius 3 is 2.83 bits per heavy atom. The predicted molar refractivity (Wildman–Crippen MR) is 83.2 cm³/mol. The summed E-state index contributed by atoms with van der Waals surface area (Å²) >= 11 is 1.96. The van der Waals surface area contributed by atoms with Crippen LogP contribution in [0.4, 0.5) is 15.8 Å². The molecule has 2 unspecified atom stereocenters. The Balaban J connectivity index is 2.06. The summed E-state index contributed by atoms with van der Waals surface area (Å²) in [5.41, 5.74) is 7.32. The highest BCUT2D eigenvalue weighted by Gasteiger charge is 2.17. The lowest BCUT2D eigenvalue weighted by molar-refractivity contribution is 0.502. The van der Waals surface area contributed by atoms with Crippen molar-refractivity contribution in [1.29, 1.82) is 0 Å². The number of hydrogen-bond acceptors (Lipinski definition) is 2. The van der Waals surface area contributed by atoms with E-state index in [9.17, 15) is 4.39 Å². The molecule has 2 nitrogen and oxygen atoms in total. The van der Waals surface area contributed by atoms with E-state index >= 15 is 0 Å². The van der Waals surface area contributed by atoms with Crippen molar-refractivity contribution in [2.75, 3.05) is 11.1 Å². The van der Waals surface area contributed by atoms with Crippen LogP contribution in [0.3, 0.4) is 0 Å². The van der Waals surface area contributed by atoms with Crippen LogP contribution in [0.2, 0.25) is 0 Å². The van der Waals surface area contributed by atoms with Crippen molar-refractivity contribution in [3.63, 3.8) is 0 Å². The minimum absolute atomic E-state index is 0.200. The standard InChI is InChI=1S/C14H20FIN2/c1-9-3-2-4-10(6-5-9)18-14-7-11(15)12(16)8-13(14)17/h7-10,18H,2-6,17H2,1H3. The number of anilines is 2. The van der Waals surface area contributed by atoms with Gasteiger partial charge >= 0.3 is 0 Å². The monoisotopic (exact) mass is 362 g/mol. The molecule has 0 bridgehead atoms. The summed E-state index contributed by atoms with van der Waals surface area (Å²) in [6.45, 7) is 2.31. The third kappa shape index (κ3) is 3.49. The van der Waals surface area contributed by atoms with Gasteiger partial charge in [0.15, 0.2) is 0 Å². The Labute approximate surface area is 122 Å². The van der Waals surface area contributed by atoms with Crippen LogP contribution >= 0.6 is 22.6 Å². The van der Waals surface area contributed by atoms with Crippen molar-refractivity contribution in [1.82, 2.24) is 0 Å². The van der Waals surface area contributed by atoms with E-state index in [0.717, 1.165) is 24.4 Å². The van der Waals surface area contributed by atoms with Crippen LogP contribution in [-0.2, 0) is 0 Å². The molecule has 2 atom stereocenters. The van der Waals surface area contributed by atoms with E-state index in [0.29, 0.717) is 15.3 Å². The normalized spacial score (nSPS) is 24.6. The average Bonchev–Trinajstić information content (AvgIpc) is 2.51. The molecular formula is C14H20FIN2. The van der Waals surface area contributed by atoms with Gasteiger partial charge in [-0.15, -0.1) is 0 Å². The van der Waals surface area contributed by atoms with Crippen molar-refractivity contribution < 1.29 is 4.39 Å². The molecule has 0 amide bonds. The van der Waals surface area contributed by atoms with E-state index < -0.39 is 0 Å². The van der Waals surface area contributed by atoms with Crippen LogP contribution in [0.15, 0.2) is 12.1 Å². The predicted octanol–water partition coefficient (Wildman–Crippen LogP) is 4.39. The second-order valence-corrected chi connectivity index (χ2v) is 6.47. The second kappa shape index (κ2) is 6.08. The molecule has 0 heterocycles. The van der Waals surface area contributed by atoms with Crippen LogP contribution in [0, 0.1) is 15.3 Å². The molecule has 0 aromatic heterocycles. The van der Waals surface area contributed by atoms with Crippen LogP contribution < -0.4 is 11.1 Å². The lowest BCUT2D eigenvalue weighted by Crippen LogP contribution is -2.19. The molecule has 18 heavy (non-hydrogen) atoms. The second-order valence-electron chi connectivity index (χ2n) is 5.31. The van der Waals surface area contributed by atoms with Gasteiger partial charge in [-0.1, -0.05) is 19.8 Å². The number of nitrogens with one attached hydrogen (secondary N) is 1. The molecule has 0 radical (unpaired) electrons. The lowest BCUT2D eigenvalue weighted by Gasteiger charge is -2.19. The maximum absolute atomic E-state index is 13.6. The summed E-state index contributed by atoms with van der Waals surface area (Å²) in [5.74, 6) is 0.608. The fourth-order valence-electron chi connectivity index (χ4n) is 2.54. The molecule has 1 aromatic rings. The van der Waals surface area contributed by atoms with Gasteiger partial charge in [0.05, 0.1) is 14.9 Å². The zero-order valence-electron chi connectivity index (χ0n) is 10.7. The quantitative estimate of drug-likeness (QED) is 0.465. The molecule has 1 aliphatic carbocycles. The van der Waals surface area contributed by atoms with E-state index in [1.807, 2.05) is 22.6 Å². The molecule has 0 saturated heterocycles. The van der Waals surface area contributed by atoms with E-state index in [4.69, 9.17) is 5.73 Å². The van der Waals surface area contributed by atoms with Crippen LogP contribution in [0.1, 0.15) is 39.0 Å². The van der Waals surface area contributed by atoms with Gasteiger partial charge < -0.3 is 11.1 Å². The zero-order valence-corrected chi connectivity index (χ0v) is 12.8. The molecule has 3 N–H and O–H groups in total. The molecule has 0 spiro atoms. The molecular weight excluding hydrogens is 342 g/mol. The summed E-state index contributed by atoms with van der Waals surface area (Å²) in [7, 11) is 0. The first-order valence-corrected chi connectivity index (χ1v) is 7.65. The number of nitrogens with two attached hydrogens (primary N) is 1. The van der Waals surface area contributed by atoms with Crippen molar-refractivity contribution in [2.45, 2.75) is 45.1 Å². The summed E-state index contributed by atoms with van der Waals surface area (Å²) in [5, 5.41) is 3.41. The number of rotatable bonds is 2. The molecule has 100 valence electrons. The third-order valence-corrected chi connectivity index (χ3v) is 4.54. The molecule has 1 fully saturated rings. The first-order valence-electron chi connectivity index (χ1n) is 6.57. The van der Waals surface area contributed by atoms with Crippen molar-refractivity contribution in [3.8, 4) is 0 Å². The molecule has 1 saturated carbocycles. The fourth-order valence-corrected chi connectivity index (χ4v) is 3.03. The highest BCUT2D eigenvalue weighted by Crippen LogP contribution is 2.29. The van der Waals surface area contributed by atoms with Crippen molar-refractivity contribution >= 4 is 34.0 Å². The number of halogens is 2. The van der Waals surface area contributed by atoms with Crippen LogP contribution in [0.5, 0.6) is 0 Å². The molecule has 0 aliphatic heterocycles. The van der Waals surface area contributed by atoms with Crippen molar-refractivity contribution in [3.05, 3.63) is 21.5 Å². The minimum Gasteiger partial charge on any atom is -0.397 e. The maximum Gasteiger partial charge on any atom is 0.138 e. The molecule has 1 aromatic carbocycles. The van der Waals surface area contributed by atoms with Gasteiger partial charge in [-0.25, -0.2) is 4.39 Å². The maximum atomic E-state index is 13.6. The van der Waals surface area contributed by atoms with Gasteiger partial charge in [0.2, 0.25) is 0 Å². The van der Waals surface area contributed by atoms with Crippen LogP contribution in [0.25, 0.3) is 0 Å². The summed E-state index contributed by atoms with van der Waals surface area (Å²) in [4.78, 5) is 0. The largest absolute Gasteiger partial charge is 0.397 e. The number of nitrogen functional groups attached to an aromatic ring is 1. The van der Waals surface area contributed by atoms with Gasteiger partial charge in [0, 0.05) is 12.1 Å². The first-order chi connectivity index (χ1) is 8.56. The highest BCUT2D eigenvalue weighted by atomic mass is 127. The third-order valence-electron chi connectivity index (χ3n) is 3.71. The van der Waals surface area contributed by atoms with E-state index in [-0.39, 0.29) is 5.82 Å². The van der Waals surface area contributed by atoms with Crippen LogP contribution in [-0.4, -0.2) is 6.04 Å². The summed E-state index contributed by atoms with van der Waals surface area (Å²) < 4.78 is 14.1. The molecule has 2 rings (SSSR count). The van der Waals surface area contributed by atoms with Crippen molar-refractivity contribution in [2.24, 2.45) is 5.92 Å². The topological polar surface area (TPSA) is 38.0 Å². The first kappa shape index (κ1) is 13.9. The highest BCUT2D eigenvalue weighted by molar-refractivity contribution is 14.1. The van der Waals surface area contributed by atoms with Gasteiger partial charge in [-0.2, -0.15) is 0 Å². The summed E-state index contributed by atoms with van der Waals surface area (Å²) in [6, 6.07) is 3.64. The van der Waals surface area contributed by atoms with Gasteiger partial charge in [0.25, 0.3) is 0 Å². The average molecular weight is 362 g/mol. The summed E-state index contributed by atoms with van der Waals surface area (Å²) in [6.07, 6.45) is 6.08. The Morgan fingerprint density at radius 2 is 2.06 bits per heavy atom. The SMILES string of the molecule is CC1CCCC(Nc2cc(F)c(I)cc2N)CC1. The fraction of sp³-hybridized carbons (Fsp3) is 0.571. The molecule has 4 heteroatoms.